The summed E-state index contributed by atoms with van der Waals surface area (Å²) < 4.78 is 5.64. The standard InChI is InChI=1S/C36H36Cl2N6O3/c1-21(45)15-39-16-22-13-24-19-42-32(14-31(24)41-17-22)29-8-4-6-27(35(29)38)26-5-3-7-28(34(26)37)30-11-9-23(36(44-30)47-2)18-40-20-25-10-12-33(46)43-25/h3-9,11,13-14,17,19,21,25,39-40,45H,10,12,15-16,18,20H2,1-2H3,(H,43,46)/t21-,25-/m0/s1. The minimum Gasteiger partial charge on any atom is -0.481 e. The second kappa shape index (κ2) is 14.8. The van der Waals surface area contributed by atoms with Crippen molar-refractivity contribution in [1.29, 1.82) is 0 Å². The summed E-state index contributed by atoms with van der Waals surface area (Å²) >= 11 is 14.1. The molecule has 0 bridgehead atoms. The van der Waals surface area contributed by atoms with Gasteiger partial charge in [-0.25, -0.2) is 4.98 Å². The third-order valence-electron chi connectivity index (χ3n) is 8.15. The molecule has 5 aromatic rings. The SMILES string of the molecule is COc1nc(-c2cccc(-c3cccc(-c4cc5ncc(CNC[C@H](C)O)cc5cn4)c3Cl)c2Cl)ccc1CNC[C@@H]1CCC(=O)N1. The molecule has 4 N–H and O–H groups in total. The maximum absolute atomic E-state index is 11.5. The van der Waals surface area contributed by atoms with E-state index in [0.29, 0.717) is 59.9 Å². The maximum Gasteiger partial charge on any atom is 0.220 e. The van der Waals surface area contributed by atoms with E-state index in [1.165, 1.54) is 0 Å². The Labute approximate surface area is 283 Å². The number of ether oxygens (including phenoxy) is 1. The Kier molecular flexibility index (Phi) is 10.3. The predicted molar refractivity (Wildman–Crippen MR) is 186 cm³/mol. The van der Waals surface area contributed by atoms with Crippen LogP contribution >= 0.6 is 23.2 Å². The fraction of sp³-hybridized carbons (Fsp3) is 0.278. The molecule has 0 aliphatic carbocycles. The summed E-state index contributed by atoms with van der Waals surface area (Å²) in [6.45, 7) is 4.10. The van der Waals surface area contributed by atoms with Crippen LogP contribution in [0.1, 0.15) is 30.9 Å². The molecule has 4 heterocycles. The number of aliphatic hydroxyl groups is 1. The number of halogens is 2. The van der Waals surface area contributed by atoms with Crippen molar-refractivity contribution in [3.05, 3.63) is 94.2 Å². The van der Waals surface area contributed by atoms with Crippen LogP contribution in [0.5, 0.6) is 5.88 Å². The Balaban J connectivity index is 1.24. The van der Waals surface area contributed by atoms with Crippen LogP contribution in [0.2, 0.25) is 10.0 Å². The van der Waals surface area contributed by atoms with Gasteiger partial charge >= 0.3 is 0 Å². The molecule has 9 nitrogen and oxygen atoms in total. The van der Waals surface area contributed by atoms with Crippen LogP contribution < -0.4 is 20.7 Å². The summed E-state index contributed by atoms with van der Waals surface area (Å²) in [7, 11) is 1.60. The van der Waals surface area contributed by atoms with E-state index in [0.717, 1.165) is 50.7 Å². The van der Waals surface area contributed by atoms with E-state index in [1.807, 2.05) is 66.9 Å². The first-order valence-corrected chi connectivity index (χ1v) is 16.3. The minimum atomic E-state index is -0.412. The lowest BCUT2D eigenvalue weighted by molar-refractivity contribution is -0.119. The van der Waals surface area contributed by atoms with Gasteiger partial charge in [0.2, 0.25) is 11.8 Å². The van der Waals surface area contributed by atoms with E-state index in [-0.39, 0.29) is 11.9 Å². The quantitative estimate of drug-likeness (QED) is 0.124. The average molecular weight is 672 g/mol. The van der Waals surface area contributed by atoms with Crippen LogP contribution in [0.4, 0.5) is 0 Å². The summed E-state index contributed by atoms with van der Waals surface area (Å²) in [6, 6.07) is 19.7. The Hall–Kier alpha value is -4.12. The van der Waals surface area contributed by atoms with Gasteiger partial charge in [-0.2, -0.15) is 0 Å². The molecule has 47 heavy (non-hydrogen) atoms. The molecule has 1 amide bonds. The van der Waals surface area contributed by atoms with Crippen molar-refractivity contribution < 1.29 is 14.6 Å². The molecule has 242 valence electrons. The molecule has 0 saturated carbocycles. The number of aromatic nitrogens is 3. The van der Waals surface area contributed by atoms with Gasteiger partial charge in [0.15, 0.2) is 0 Å². The highest BCUT2D eigenvalue weighted by molar-refractivity contribution is 6.39. The molecule has 0 radical (unpaired) electrons. The second-order valence-electron chi connectivity index (χ2n) is 11.7. The second-order valence-corrected chi connectivity index (χ2v) is 12.5. The van der Waals surface area contributed by atoms with Gasteiger partial charge < -0.3 is 25.8 Å². The van der Waals surface area contributed by atoms with Crippen molar-refractivity contribution in [2.45, 2.75) is 45.0 Å². The van der Waals surface area contributed by atoms with Crippen molar-refractivity contribution in [1.82, 2.24) is 30.9 Å². The molecule has 3 aromatic heterocycles. The third-order valence-corrected chi connectivity index (χ3v) is 8.97. The van der Waals surface area contributed by atoms with Crippen molar-refractivity contribution in [3.8, 4) is 39.5 Å². The van der Waals surface area contributed by atoms with E-state index in [4.69, 9.17) is 37.9 Å². The van der Waals surface area contributed by atoms with E-state index >= 15 is 0 Å². The van der Waals surface area contributed by atoms with Gasteiger partial charge in [-0.05, 0) is 37.1 Å². The molecule has 0 spiro atoms. The number of rotatable bonds is 12. The molecule has 2 aromatic carbocycles. The Morgan fingerprint density at radius 2 is 1.66 bits per heavy atom. The Morgan fingerprint density at radius 3 is 2.34 bits per heavy atom. The largest absolute Gasteiger partial charge is 0.481 e. The third kappa shape index (κ3) is 7.56. The zero-order chi connectivity index (χ0) is 32.9. The molecule has 1 aliphatic heterocycles. The van der Waals surface area contributed by atoms with E-state index in [2.05, 4.69) is 20.9 Å². The van der Waals surface area contributed by atoms with Crippen molar-refractivity contribution in [3.63, 3.8) is 0 Å². The van der Waals surface area contributed by atoms with Gasteiger partial charge in [-0.1, -0.05) is 65.7 Å². The highest BCUT2D eigenvalue weighted by Crippen LogP contribution is 2.42. The van der Waals surface area contributed by atoms with Crippen molar-refractivity contribution in [2.75, 3.05) is 20.2 Å². The number of fused-ring (bicyclic) bond motifs is 1. The number of nitrogens with zero attached hydrogens (tertiary/aromatic N) is 3. The van der Waals surface area contributed by atoms with Crippen LogP contribution in [-0.4, -0.2) is 58.3 Å². The van der Waals surface area contributed by atoms with Gasteiger partial charge in [-0.3, -0.25) is 14.8 Å². The topological polar surface area (TPSA) is 121 Å². The Morgan fingerprint density at radius 1 is 0.936 bits per heavy atom. The highest BCUT2D eigenvalue weighted by Gasteiger charge is 2.21. The van der Waals surface area contributed by atoms with Crippen molar-refractivity contribution in [2.24, 2.45) is 0 Å². The van der Waals surface area contributed by atoms with Gasteiger partial charge in [-0.15, -0.1) is 0 Å². The molecular formula is C36H36Cl2N6O3. The maximum atomic E-state index is 11.5. The molecule has 0 unspecified atom stereocenters. The van der Waals surface area contributed by atoms with Gasteiger partial charge in [0.05, 0.1) is 40.2 Å². The van der Waals surface area contributed by atoms with Crippen LogP contribution in [0.3, 0.4) is 0 Å². The van der Waals surface area contributed by atoms with Crippen LogP contribution in [-0.2, 0) is 17.9 Å². The molecular weight excluding hydrogens is 635 g/mol. The van der Waals surface area contributed by atoms with E-state index < -0.39 is 6.10 Å². The average Bonchev–Trinajstić information content (AvgIpc) is 3.49. The summed E-state index contributed by atoms with van der Waals surface area (Å²) in [4.78, 5) is 25.6. The summed E-state index contributed by atoms with van der Waals surface area (Å²) in [5, 5.41) is 21.0. The predicted octanol–water partition coefficient (Wildman–Crippen LogP) is 6.18. The zero-order valence-electron chi connectivity index (χ0n) is 26.2. The molecule has 1 fully saturated rings. The number of hydrogen-bond donors (Lipinski definition) is 4. The Bertz CT molecular complexity index is 1920. The lowest BCUT2D eigenvalue weighted by Gasteiger charge is -2.15. The van der Waals surface area contributed by atoms with E-state index in [9.17, 15) is 9.90 Å². The summed E-state index contributed by atoms with van der Waals surface area (Å²) in [5.74, 6) is 0.606. The molecule has 2 atom stereocenters. The first-order chi connectivity index (χ1) is 22.8. The first-order valence-electron chi connectivity index (χ1n) is 15.6. The normalized spacial score (nSPS) is 15.2. The zero-order valence-corrected chi connectivity index (χ0v) is 27.7. The summed E-state index contributed by atoms with van der Waals surface area (Å²) in [6.07, 6.45) is 4.63. The number of amides is 1. The molecule has 1 saturated heterocycles. The monoisotopic (exact) mass is 670 g/mol. The molecule has 6 rings (SSSR count). The van der Waals surface area contributed by atoms with Gasteiger partial charge in [0, 0.05) is 84.2 Å². The van der Waals surface area contributed by atoms with Crippen LogP contribution in [0.15, 0.2) is 73.1 Å². The number of carbonyl (C=O) groups is 1. The molecule has 11 heteroatoms. The number of carbonyl (C=O) groups excluding carboxylic acids is 1. The number of pyridine rings is 3. The van der Waals surface area contributed by atoms with E-state index in [1.54, 1.807) is 20.2 Å². The smallest absolute Gasteiger partial charge is 0.220 e. The number of hydrogen-bond acceptors (Lipinski definition) is 8. The summed E-state index contributed by atoms with van der Waals surface area (Å²) in [5.41, 5.74) is 7.17. The first kappa shape index (κ1) is 32.8. The van der Waals surface area contributed by atoms with Gasteiger partial charge in [0.25, 0.3) is 0 Å². The fourth-order valence-electron chi connectivity index (χ4n) is 5.75. The molecule has 1 aliphatic rings. The lowest BCUT2D eigenvalue weighted by atomic mass is 9.98. The minimum absolute atomic E-state index is 0.101. The number of methoxy groups -OCH3 is 1. The van der Waals surface area contributed by atoms with Gasteiger partial charge in [0.1, 0.15) is 0 Å². The number of benzene rings is 2. The fourth-order valence-corrected chi connectivity index (χ4v) is 6.40. The highest BCUT2D eigenvalue weighted by atomic mass is 35.5. The van der Waals surface area contributed by atoms with Crippen LogP contribution in [0, 0.1) is 0 Å². The lowest BCUT2D eigenvalue weighted by Crippen LogP contribution is -2.35. The van der Waals surface area contributed by atoms with Crippen LogP contribution in [0.25, 0.3) is 44.5 Å². The van der Waals surface area contributed by atoms with Crippen molar-refractivity contribution >= 4 is 40.0 Å². The number of aliphatic hydroxyl groups excluding tert-OH is 1. The number of nitrogens with one attached hydrogen (secondary N) is 3.